The molecule has 21 heavy (non-hydrogen) atoms. The lowest BCUT2D eigenvalue weighted by Crippen LogP contribution is -2.52. The second kappa shape index (κ2) is 6.91. The zero-order valence-corrected chi connectivity index (χ0v) is 13.5. The van der Waals surface area contributed by atoms with Crippen molar-refractivity contribution in [1.29, 1.82) is 0 Å². The van der Waals surface area contributed by atoms with E-state index in [-0.39, 0.29) is 0 Å². The molecule has 1 aromatic carbocycles. The van der Waals surface area contributed by atoms with Crippen molar-refractivity contribution in [1.82, 2.24) is 15.1 Å². The molecule has 116 valence electrons. The molecule has 0 amide bonds. The molecule has 0 aliphatic carbocycles. The Morgan fingerprint density at radius 1 is 1.10 bits per heavy atom. The minimum absolute atomic E-state index is 0.841. The molecule has 0 bridgehead atoms. The first-order valence-electron chi connectivity index (χ1n) is 8.41. The molecule has 1 aromatic rings. The van der Waals surface area contributed by atoms with E-state index in [0.29, 0.717) is 0 Å². The third kappa shape index (κ3) is 3.65. The highest BCUT2D eigenvalue weighted by atomic mass is 15.2. The van der Waals surface area contributed by atoms with E-state index < -0.39 is 0 Å². The number of hydrogen-bond donors (Lipinski definition) is 1. The predicted molar refractivity (Wildman–Crippen MR) is 88.2 cm³/mol. The van der Waals surface area contributed by atoms with E-state index in [1.165, 1.54) is 50.0 Å². The SMILES string of the molecule is CNCc1ccc(CN2CCC3C(CCCN3C)C2)cc1. The van der Waals surface area contributed by atoms with Gasteiger partial charge in [-0.2, -0.15) is 0 Å². The number of nitrogens with zero attached hydrogens (tertiary/aromatic N) is 2. The highest BCUT2D eigenvalue weighted by molar-refractivity contribution is 5.22. The molecule has 3 nitrogen and oxygen atoms in total. The lowest BCUT2D eigenvalue weighted by molar-refractivity contribution is 0.0355. The minimum Gasteiger partial charge on any atom is -0.316 e. The fourth-order valence-corrected chi connectivity index (χ4v) is 4.10. The van der Waals surface area contributed by atoms with Crippen LogP contribution in [0.2, 0.25) is 0 Å². The summed E-state index contributed by atoms with van der Waals surface area (Å²) in [6.45, 7) is 5.91. The zero-order valence-electron chi connectivity index (χ0n) is 13.5. The molecule has 0 radical (unpaired) electrons. The lowest BCUT2D eigenvalue weighted by atomic mass is 9.84. The maximum absolute atomic E-state index is 3.21. The largest absolute Gasteiger partial charge is 0.316 e. The first kappa shape index (κ1) is 15.0. The van der Waals surface area contributed by atoms with E-state index in [0.717, 1.165) is 25.0 Å². The minimum atomic E-state index is 0.841. The topological polar surface area (TPSA) is 18.5 Å². The maximum Gasteiger partial charge on any atom is 0.0233 e. The molecular formula is C18H29N3. The lowest BCUT2D eigenvalue weighted by Gasteiger charge is -2.46. The number of likely N-dealkylation sites (tertiary alicyclic amines) is 2. The van der Waals surface area contributed by atoms with Gasteiger partial charge in [-0.05, 0) is 63.5 Å². The Morgan fingerprint density at radius 3 is 2.62 bits per heavy atom. The summed E-state index contributed by atoms with van der Waals surface area (Å²) in [5, 5.41) is 3.21. The standard InChI is InChI=1S/C18H29N3/c1-19-12-15-5-7-16(8-6-15)13-21-11-9-18-17(14-21)4-3-10-20(18)2/h5-8,17-19H,3-4,9-14H2,1-2H3. The first-order valence-corrected chi connectivity index (χ1v) is 8.41. The normalized spacial score (nSPS) is 27.5. The average molecular weight is 287 g/mol. The highest BCUT2D eigenvalue weighted by Crippen LogP contribution is 2.30. The van der Waals surface area contributed by atoms with Crippen LogP contribution in [0.5, 0.6) is 0 Å². The van der Waals surface area contributed by atoms with Crippen molar-refractivity contribution >= 4 is 0 Å². The van der Waals surface area contributed by atoms with Crippen LogP contribution >= 0.6 is 0 Å². The van der Waals surface area contributed by atoms with E-state index in [9.17, 15) is 0 Å². The number of piperidine rings is 2. The molecule has 2 aliphatic rings. The van der Waals surface area contributed by atoms with E-state index in [2.05, 4.69) is 46.4 Å². The van der Waals surface area contributed by atoms with Gasteiger partial charge in [0.05, 0.1) is 0 Å². The Morgan fingerprint density at radius 2 is 1.86 bits per heavy atom. The molecule has 0 saturated carbocycles. The van der Waals surface area contributed by atoms with Gasteiger partial charge in [0.15, 0.2) is 0 Å². The highest BCUT2D eigenvalue weighted by Gasteiger charge is 2.33. The molecule has 2 heterocycles. The number of benzene rings is 1. The molecule has 2 unspecified atom stereocenters. The molecule has 2 fully saturated rings. The second-order valence-electron chi connectivity index (χ2n) is 6.82. The Kier molecular flexibility index (Phi) is 4.94. The smallest absolute Gasteiger partial charge is 0.0233 e. The van der Waals surface area contributed by atoms with Gasteiger partial charge < -0.3 is 10.2 Å². The number of rotatable bonds is 4. The molecule has 2 atom stereocenters. The Balaban J connectivity index is 1.56. The summed E-state index contributed by atoms with van der Waals surface area (Å²) in [6.07, 6.45) is 4.15. The van der Waals surface area contributed by atoms with Gasteiger partial charge in [-0.1, -0.05) is 24.3 Å². The van der Waals surface area contributed by atoms with Gasteiger partial charge in [0, 0.05) is 25.7 Å². The van der Waals surface area contributed by atoms with Gasteiger partial charge in [0.2, 0.25) is 0 Å². The monoisotopic (exact) mass is 287 g/mol. The van der Waals surface area contributed by atoms with Crippen LogP contribution < -0.4 is 5.32 Å². The van der Waals surface area contributed by atoms with Crippen LogP contribution in [0.25, 0.3) is 0 Å². The van der Waals surface area contributed by atoms with E-state index >= 15 is 0 Å². The van der Waals surface area contributed by atoms with Crippen molar-refractivity contribution in [2.24, 2.45) is 5.92 Å². The quantitative estimate of drug-likeness (QED) is 0.917. The van der Waals surface area contributed by atoms with Crippen LogP contribution in [-0.4, -0.2) is 49.6 Å². The fraction of sp³-hybridized carbons (Fsp3) is 0.667. The van der Waals surface area contributed by atoms with Gasteiger partial charge >= 0.3 is 0 Å². The van der Waals surface area contributed by atoms with Crippen molar-refractivity contribution in [3.05, 3.63) is 35.4 Å². The second-order valence-corrected chi connectivity index (χ2v) is 6.82. The zero-order chi connectivity index (χ0) is 14.7. The van der Waals surface area contributed by atoms with Crippen molar-refractivity contribution < 1.29 is 0 Å². The number of nitrogens with one attached hydrogen (secondary N) is 1. The van der Waals surface area contributed by atoms with Gasteiger partial charge in [-0.3, -0.25) is 4.90 Å². The Hall–Kier alpha value is -0.900. The van der Waals surface area contributed by atoms with E-state index in [1.807, 2.05) is 7.05 Å². The van der Waals surface area contributed by atoms with Crippen molar-refractivity contribution in [3.63, 3.8) is 0 Å². The molecule has 1 N–H and O–H groups in total. The molecule has 2 saturated heterocycles. The van der Waals surface area contributed by atoms with Crippen LogP contribution in [0, 0.1) is 5.92 Å². The summed E-state index contributed by atoms with van der Waals surface area (Å²) in [6, 6.07) is 9.95. The van der Waals surface area contributed by atoms with E-state index in [1.54, 1.807) is 0 Å². The molecule has 3 heteroatoms. The average Bonchev–Trinajstić information content (AvgIpc) is 2.50. The summed E-state index contributed by atoms with van der Waals surface area (Å²) in [5.74, 6) is 0.890. The van der Waals surface area contributed by atoms with Crippen LogP contribution in [0.4, 0.5) is 0 Å². The van der Waals surface area contributed by atoms with Crippen LogP contribution in [0.1, 0.15) is 30.4 Å². The predicted octanol–water partition coefficient (Wildman–Crippen LogP) is 2.32. The Bertz CT molecular complexity index is 442. The van der Waals surface area contributed by atoms with Crippen molar-refractivity contribution in [2.75, 3.05) is 33.7 Å². The van der Waals surface area contributed by atoms with Crippen molar-refractivity contribution in [2.45, 2.75) is 38.4 Å². The summed E-state index contributed by atoms with van der Waals surface area (Å²) >= 11 is 0. The summed E-state index contributed by atoms with van der Waals surface area (Å²) in [5.41, 5.74) is 2.83. The molecule has 2 aliphatic heterocycles. The van der Waals surface area contributed by atoms with Gasteiger partial charge in [0.25, 0.3) is 0 Å². The molecule has 0 aromatic heterocycles. The summed E-state index contributed by atoms with van der Waals surface area (Å²) in [4.78, 5) is 5.26. The summed E-state index contributed by atoms with van der Waals surface area (Å²) in [7, 11) is 4.31. The fourth-order valence-electron chi connectivity index (χ4n) is 4.10. The third-order valence-corrected chi connectivity index (χ3v) is 5.24. The van der Waals surface area contributed by atoms with Crippen LogP contribution in [-0.2, 0) is 13.1 Å². The first-order chi connectivity index (χ1) is 10.3. The Labute approximate surface area is 129 Å². The third-order valence-electron chi connectivity index (χ3n) is 5.24. The molecule has 3 rings (SSSR count). The van der Waals surface area contributed by atoms with Crippen molar-refractivity contribution in [3.8, 4) is 0 Å². The molecular weight excluding hydrogens is 258 g/mol. The van der Waals surface area contributed by atoms with Crippen LogP contribution in [0.15, 0.2) is 24.3 Å². The van der Waals surface area contributed by atoms with Gasteiger partial charge in [0.1, 0.15) is 0 Å². The van der Waals surface area contributed by atoms with Gasteiger partial charge in [-0.15, -0.1) is 0 Å². The number of hydrogen-bond acceptors (Lipinski definition) is 3. The summed E-state index contributed by atoms with van der Waals surface area (Å²) < 4.78 is 0. The number of fused-ring (bicyclic) bond motifs is 1. The van der Waals surface area contributed by atoms with Gasteiger partial charge in [-0.25, -0.2) is 0 Å². The maximum atomic E-state index is 3.21. The van der Waals surface area contributed by atoms with E-state index in [4.69, 9.17) is 0 Å². The van der Waals surface area contributed by atoms with Crippen LogP contribution in [0.3, 0.4) is 0 Å². The molecule has 0 spiro atoms.